The largest absolute Gasteiger partial charge is 0.392 e. The number of allylic oxidation sites excluding steroid dienone is 2. The first-order valence-electron chi connectivity index (χ1n) is 8.87. The third-order valence-corrected chi connectivity index (χ3v) is 6.56. The fraction of sp³-hybridized carbons (Fsp3) is 0.800. The lowest BCUT2D eigenvalue weighted by molar-refractivity contribution is -0.0208. The van der Waals surface area contributed by atoms with E-state index in [-0.39, 0.29) is 18.1 Å². The molecule has 1 saturated carbocycles. The minimum Gasteiger partial charge on any atom is -0.392 e. The lowest BCUT2D eigenvalue weighted by Crippen LogP contribution is -2.48. The zero-order valence-corrected chi connectivity index (χ0v) is 15.1. The van der Waals surface area contributed by atoms with E-state index in [1.165, 1.54) is 36.0 Å². The van der Waals surface area contributed by atoms with Crippen LogP contribution in [-0.4, -0.2) is 22.9 Å². The van der Waals surface area contributed by atoms with Crippen LogP contribution < -0.4 is 0 Å². The smallest absolute Gasteiger partial charge is 0.0753 e. The van der Waals surface area contributed by atoms with E-state index in [0.29, 0.717) is 11.3 Å². The van der Waals surface area contributed by atoms with Gasteiger partial charge >= 0.3 is 0 Å². The van der Waals surface area contributed by atoms with Gasteiger partial charge in [0, 0.05) is 0 Å². The highest BCUT2D eigenvalue weighted by Gasteiger charge is 2.51. The molecule has 0 aliphatic heterocycles. The zero-order valence-electron chi connectivity index (χ0n) is 15.1. The van der Waals surface area contributed by atoms with E-state index in [2.05, 4.69) is 34.6 Å². The summed E-state index contributed by atoms with van der Waals surface area (Å²) in [6.45, 7) is 11.6. The molecule has 0 radical (unpaired) electrons. The van der Waals surface area contributed by atoms with E-state index in [9.17, 15) is 5.11 Å². The van der Waals surface area contributed by atoms with Gasteiger partial charge in [0.25, 0.3) is 0 Å². The summed E-state index contributed by atoms with van der Waals surface area (Å²) in [6, 6.07) is 0. The third kappa shape index (κ3) is 3.19. The van der Waals surface area contributed by atoms with Crippen molar-refractivity contribution in [1.29, 1.82) is 0 Å². The second-order valence-corrected chi connectivity index (χ2v) is 8.46. The highest BCUT2D eigenvalue weighted by Crippen LogP contribution is 2.60. The van der Waals surface area contributed by atoms with E-state index in [1.54, 1.807) is 0 Å². The maximum Gasteiger partial charge on any atom is 0.0753 e. The second-order valence-electron chi connectivity index (χ2n) is 8.46. The quantitative estimate of drug-likeness (QED) is 0.744. The maximum atomic E-state index is 10.6. The summed E-state index contributed by atoms with van der Waals surface area (Å²) < 4.78 is 0. The summed E-state index contributed by atoms with van der Waals surface area (Å²) in [7, 11) is 0. The molecule has 0 aromatic heterocycles. The standard InChI is InChI=1S/C20H34O2/c1-14(9-12-21)7-8-16-15(2)17(22)13-18-19(3,4)10-6-11-20(16,18)5/h9,17-18,21-22H,6-8,10-13H2,1-5H3/b14-9+/t17-,18+,20-/m0/s1. The molecule has 22 heavy (non-hydrogen) atoms. The van der Waals surface area contributed by atoms with E-state index in [4.69, 9.17) is 5.11 Å². The lowest BCUT2D eigenvalue weighted by atomic mass is 9.49. The summed E-state index contributed by atoms with van der Waals surface area (Å²) in [5, 5.41) is 19.6. The zero-order chi connectivity index (χ0) is 16.5. The predicted molar refractivity (Wildman–Crippen MR) is 92.6 cm³/mol. The topological polar surface area (TPSA) is 40.5 Å². The van der Waals surface area contributed by atoms with E-state index in [0.717, 1.165) is 19.3 Å². The van der Waals surface area contributed by atoms with Crippen molar-refractivity contribution in [2.75, 3.05) is 6.61 Å². The Morgan fingerprint density at radius 3 is 2.59 bits per heavy atom. The van der Waals surface area contributed by atoms with Crippen molar-refractivity contribution in [1.82, 2.24) is 0 Å². The Labute approximate surface area is 136 Å². The molecule has 0 saturated heterocycles. The van der Waals surface area contributed by atoms with Crippen molar-refractivity contribution in [2.24, 2.45) is 16.7 Å². The minimum atomic E-state index is -0.271. The molecule has 0 spiro atoms. The Kier molecular flexibility index (Phi) is 5.23. The molecule has 0 unspecified atom stereocenters. The van der Waals surface area contributed by atoms with Crippen molar-refractivity contribution in [3.63, 3.8) is 0 Å². The van der Waals surface area contributed by atoms with Gasteiger partial charge in [-0.05, 0) is 68.3 Å². The van der Waals surface area contributed by atoms with Crippen molar-refractivity contribution in [3.8, 4) is 0 Å². The molecule has 1 fully saturated rings. The summed E-state index contributed by atoms with van der Waals surface area (Å²) >= 11 is 0. The molecule has 0 amide bonds. The predicted octanol–water partition coefficient (Wildman–Crippen LogP) is 4.62. The van der Waals surface area contributed by atoms with Crippen LogP contribution in [0, 0.1) is 16.7 Å². The van der Waals surface area contributed by atoms with Gasteiger partial charge in [-0.3, -0.25) is 0 Å². The number of fused-ring (bicyclic) bond motifs is 1. The van der Waals surface area contributed by atoms with Crippen LogP contribution in [0.4, 0.5) is 0 Å². The van der Waals surface area contributed by atoms with Gasteiger partial charge in [-0.2, -0.15) is 0 Å². The normalized spacial score (nSPS) is 35.5. The van der Waals surface area contributed by atoms with Gasteiger partial charge in [0.2, 0.25) is 0 Å². The SMILES string of the molecule is CC1=C(CC/C(C)=C/CO)[C@]2(C)CCCC(C)(C)[C@H]2C[C@@H]1O. The average Bonchev–Trinajstić information content (AvgIpc) is 2.41. The van der Waals surface area contributed by atoms with Gasteiger partial charge in [-0.1, -0.05) is 44.4 Å². The summed E-state index contributed by atoms with van der Waals surface area (Å²) in [6.07, 6.45) is 8.38. The molecule has 2 rings (SSSR count). The molecule has 0 heterocycles. The molecule has 2 aliphatic rings. The van der Waals surface area contributed by atoms with Crippen LogP contribution in [0.3, 0.4) is 0 Å². The van der Waals surface area contributed by atoms with Gasteiger partial charge in [0.1, 0.15) is 0 Å². The molecule has 0 bridgehead atoms. The molecule has 2 N–H and O–H groups in total. The van der Waals surface area contributed by atoms with E-state index >= 15 is 0 Å². The molecule has 0 aromatic rings. The monoisotopic (exact) mass is 306 g/mol. The second kappa shape index (κ2) is 6.49. The Morgan fingerprint density at radius 1 is 1.27 bits per heavy atom. The van der Waals surface area contributed by atoms with E-state index in [1.807, 2.05) is 6.08 Å². The van der Waals surface area contributed by atoms with Crippen LogP contribution in [0.1, 0.15) is 73.1 Å². The molecular formula is C20H34O2. The van der Waals surface area contributed by atoms with Crippen molar-refractivity contribution in [2.45, 2.75) is 79.2 Å². The third-order valence-electron chi connectivity index (χ3n) is 6.56. The summed E-state index contributed by atoms with van der Waals surface area (Å²) in [5.74, 6) is 0.574. The Bertz CT molecular complexity index is 472. The summed E-state index contributed by atoms with van der Waals surface area (Å²) in [4.78, 5) is 0. The number of hydrogen-bond donors (Lipinski definition) is 2. The van der Waals surface area contributed by atoms with Crippen molar-refractivity contribution >= 4 is 0 Å². The summed E-state index contributed by atoms with van der Waals surface area (Å²) in [5.41, 5.74) is 4.52. The molecule has 2 aliphatic carbocycles. The fourth-order valence-electron chi connectivity index (χ4n) is 5.18. The molecule has 2 heteroatoms. The number of aliphatic hydroxyl groups is 2. The van der Waals surface area contributed by atoms with Crippen LogP contribution in [0.2, 0.25) is 0 Å². The van der Waals surface area contributed by atoms with Gasteiger partial charge in [0.05, 0.1) is 12.7 Å². The Hall–Kier alpha value is -0.600. The maximum absolute atomic E-state index is 10.6. The van der Waals surface area contributed by atoms with Gasteiger partial charge < -0.3 is 10.2 Å². The van der Waals surface area contributed by atoms with Gasteiger partial charge in [0.15, 0.2) is 0 Å². The Morgan fingerprint density at radius 2 is 1.95 bits per heavy atom. The van der Waals surface area contributed by atoms with Gasteiger partial charge in [-0.25, -0.2) is 0 Å². The molecule has 126 valence electrons. The Balaban J connectivity index is 2.31. The van der Waals surface area contributed by atoms with Crippen LogP contribution in [-0.2, 0) is 0 Å². The van der Waals surface area contributed by atoms with Crippen LogP contribution in [0.25, 0.3) is 0 Å². The first kappa shape index (κ1) is 17.7. The molecule has 3 atom stereocenters. The highest BCUT2D eigenvalue weighted by molar-refractivity contribution is 5.30. The average molecular weight is 306 g/mol. The van der Waals surface area contributed by atoms with Crippen molar-refractivity contribution < 1.29 is 10.2 Å². The number of aliphatic hydroxyl groups excluding tert-OH is 2. The highest BCUT2D eigenvalue weighted by atomic mass is 16.3. The van der Waals surface area contributed by atoms with E-state index < -0.39 is 0 Å². The minimum absolute atomic E-state index is 0.124. The van der Waals surface area contributed by atoms with Crippen LogP contribution in [0.15, 0.2) is 22.8 Å². The molecule has 2 nitrogen and oxygen atoms in total. The van der Waals surface area contributed by atoms with Gasteiger partial charge in [-0.15, -0.1) is 0 Å². The molecular weight excluding hydrogens is 272 g/mol. The number of rotatable bonds is 4. The first-order valence-corrected chi connectivity index (χ1v) is 8.87. The first-order chi connectivity index (χ1) is 10.2. The molecule has 0 aromatic carbocycles. The van der Waals surface area contributed by atoms with Crippen LogP contribution in [0.5, 0.6) is 0 Å². The fourth-order valence-corrected chi connectivity index (χ4v) is 5.18. The van der Waals surface area contributed by atoms with Crippen LogP contribution >= 0.6 is 0 Å². The number of hydrogen-bond acceptors (Lipinski definition) is 2. The van der Waals surface area contributed by atoms with Crippen molar-refractivity contribution in [3.05, 3.63) is 22.8 Å². The lowest BCUT2D eigenvalue weighted by Gasteiger charge is -2.56.